The number of amides is 2. The molecule has 1 unspecified atom stereocenters. The van der Waals surface area contributed by atoms with Crippen LogP contribution in [0.1, 0.15) is 34.8 Å². The third kappa shape index (κ3) is 7.21. The molecule has 26 heavy (non-hydrogen) atoms. The number of rotatable bonds is 8. The summed E-state index contributed by atoms with van der Waals surface area (Å²) in [5, 5.41) is 5.51. The van der Waals surface area contributed by atoms with Gasteiger partial charge in [-0.25, -0.2) is 4.39 Å². The molecule has 2 rings (SSSR count). The molecule has 2 aromatic rings. The van der Waals surface area contributed by atoms with Crippen LogP contribution in [0, 0.1) is 5.82 Å². The van der Waals surface area contributed by atoms with E-state index in [4.69, 9.17) is 5.73 Å². The smallest absolute Gasteiger partial charge is 0.251 e. The van der Waals surface area contributed by atoms with Crippen LogP contribution >= 0.6 is 12.4 Å². The fraction of sp³-hybridized carbons (Fsp3) is 0.263. The van der Waals surface area contributed by atoms with E-state index in [1.807, 2.05) is 30.3 Å². The van der Waals surface area contributed by atoms with Crippen molar-refractivity contribution in [2.24, 2.45) is 5.73 Å². The molecule has 0 saturated carbocycles. The predicted octanol–water partition coefficient (Wildman–Crippen LogP) is 2.57. The van der Waals surface area contributed by atoms with E-state index in [1.54, 1.807) is 0 Å². The quantitative estimate of drug-likeness (QED) is 0.616. The van der Waals surface area contributed by atoms with E-state index in [0.29, 0.717) is 25.1 Å². The Hall–Kier alpha value is -2.44. The van der Waals surface area contributed by atoms with Gasteiger partial charge in [0.2, 0.25) is 5.91 Å². The molecule has 2 amide bonds. The highest BCUT2D eigenvalue weighted by molar-refractivity contribution is 5.94. The van der Waals surface area contributed by atoms with Crippen LogP contribution in [0.2, 0.25) is 0 Å². The van der Waals surface area contributed by atoms with Gasteiger partial charge in [-0.3, -0.25) is 9.59 Å². The largest absolute Gasteiger partial charge is 0.356 e. The Kier molecular flexibility index (Phi) is 9.33. The fourth-order valence-electron chi connectivity index (χ4n) is 2.31. The van der Waals surface area contributed by atoms with Crippen molar-refractivity contribution in [1.82, 2.24) is 10.6 Å². The molecular weight excluding hydrogens is 357 g/mol. The predicted molar refractivity (Wildman–Crippen MR) is 102 cm³/mol. The third-order valence-corrected chi connectivity index (χ3v) is 3.70. The number of benzene rings is 2. The lowest BCUT2D eigenvalue weighted by Crippen LogP contribution is -2.31. The SMILES string of the molecule is Cl.NC(CC(=O)NCCCNC(=O)c1ccc(F)cc1)c1ccccc1. The molecule has 1 atom stereocenters. The Bertz CT molecular complexity index is 696. The van der Waals surface area contributed by atoms with Crippen LogP contribution in [0.3, 0.4) is 0 Å². The molecule has 5 nitrogen and oxygen atoms in total. The zero-order chi connectivity index (χ0) is 18.1. The molecule has 2 aromatic carbocycles. The van der Waals surface area contributed by atoms with Crippen LogP contribution in [-0.2, 0) is 4.79 Å². The van der Waals surface area contributed by atoms with Gasteiger partial charge in [-0.05, 0) is 36.2 Å². The van der Waals surface area contributed by atoms with E-state index < -0.39 is 0 Å². The molecule has 0 aliphatic rings. The normalized spacial score (nSPS) is 11.2. The second-order valence-electron chi connectivity index (χ2n) is 5.69. The third-order valence-electron chi connectivity index (χ3n) is 3.70. The first kappa shape index (κ1) is 21.6. The highest BCUT2D eigenvalue weighted by atomic mass is 35.5. The molecule has 0 fully saturated rings. The number of nitrogens with one attached hydrogen (secondary N) is 2. The van der Waals surface area contributed by atoms with Crippen molar-refractivity contribution < 1.29 is 14.0 Å². The van der Waals surface area contributed by atoms with Gasteiger partial charge in [0.1, 0.15) is 5.82 Å². The van der Waals surface area contributed by atoms with Gasteiger partial charge in [0.05, 0.1) is 0 Å². The van der Waals surface area contributed by atoms with E-state index in [1.165, 1.54) is 24.3 Å². The molecule has 0 aliphatic carbocycles. The number of hydrogen-bond donors (Lipinski definition) is 3. The topological polar surface area (TPSA) is 84.2 Å². The van der Waals surface area contributed by atoms with Gasteiger partial charge in [-0.2, -0.15) is 0 Å². The van der Waals surface area contributed by atoms with E-state index in [9.17, 15) is 14.0 Å². The second-order valence-corrected chi connectivity index (χ2v) is 5.69. The highest BCUT2D eigenvalue weighted by Crippen LogP contribution is 2.12. The highest BCUT2D eigenvalue weighted by Gasteiger charge is 2.11. The van der Waals surface area contributed by atoms with Gasteiger partial charge in [-0.15, -0.1) is 12.4 Å². The van der Waals surface area contributed by atoms with Gasteiger partial charge in [-0.1, -0.05) is 30.3 Å². The Balaban J connectivity index is 0.00000338. The van der Waals surface area contributed by atoms with Crippen LogP contribution in [-0.4, -0.2) is 24.9 Å². The number of carbonyl (C=O) groups excluding carboxylic acids is 2. The summed E-state index contributed by atoms with van der Waals surface area (Å²) >= 11 is 0. The van der Waals surface area contributed by atoms with Crippen molar-refractivity contribution in [2.75, 3.05) is 13.1 Å². The van der Waals surface area contributed by atoms with Gasteiger partial charge in [0, 0.05) is 31.1 Å². The Labute approximate surface area is 158 Å². The molecule has 0 saturated heterocycles. The molecule has 0 spiro atoms. The maximum atomic E-state index is 12.8. The summed E-state index contributed by atoms with van der Waals surface area (Å²) in [6.07, 6.45) is 0.811. The Morgan fingerprint density at radius 3 is 2.23 bits per heavy atom. The average molecular weight is 380 g/mol. The molecule has 0 radical (unpaired) electrons. The second kappa shape index (κ2) is 11.2. The molecular formula is C19H23ClFN3O2. The molecule has 140 valence electrons. The molecule has 4 N–H and O–H groups in total. The van der Waals surface area contributed by atoms with Gasteiger partial charge in [0.15, 0.2) is 0 Å². The summed E-state index contributed by atoms with van der Waals surface area (Å²) in [5.74, 6) is -0.772. The minimum absolute atomic E-state index is 0. The van der Waals surface area contributed by atoms with Crippen molar-refractivity contribution in [3.05, 3.63) is 71.5 Å². The molecule has 7 heteroatoms. The van der Waals surface area contributed by atoms with Crippen LogP contribution in [0.25, 0.3) is 0 Å². The van der Waals surface area contributed by atoms with Crippen molar-refractivity contribution in [3.8, 4) is 0 Å². The summed E-state index contributed by atoms with van der Waals surface area (Å²) in [6, 6.07) is 14.5. The molecule has 0 aliphatic heterocycles. The summed E-state index contributed by atoms with van der Waals surface area (Å²) in [4.78, 5) is 23.7. The standard InChI is InChI=1S/C19H22FN3O2.ClH/c20-16-9-7-15(8-10-16)19(25)23-12-4-11-22-18(24)13-17(21)14-5-2-1-3-6-14;/h1-3,5-10,17H,4,11-13,21H2,(H,22,24)(H,23,25);1H. The van der Waals surface area contributed by atoms with Gasteiger partial charge < -0.3 is 16.4 Å². The Morgan fingerprint density at radius 1 is 0.962 bits per heavy atom. The first-order valence-corrected chi connectivity index (χ1v) is 8.17. The minimum atomic E-state index is -0.382. The molecule has 0 aromatic heterocycles. The van der Waals surface area contributed by atoms with Crippen LogP contribution < -0.4 is 16.4 Å². The van der Waals surface area contributed by atoms with E-state index in [0.717, 1.165) is 5.56 Å². The van der Waals surface area contributed by atoms with Crippen LogP contribution in [0.4, 0.5) is 4.39 Å². The van der Waals surface area contributed by atoms with Crippen molar-refractivity contribution in [2.45, 2.75) is 18.9 Å². The lowest BCUT2D eigenvalue weighted by atomic mass is 10.0. The number of nitrogens with two attached hydrogens (primary N) is 1. The zero-order valence-electron chi connectivity index (χ0n) is 14.3. The Morgan fingerprint density at radius 2 is 1.58 bits per heavy atom. The fourth-order valence-corrected chi connectivity index (χ4v) is 2.31. The summed E-state index contributed by atoms with van der Waals surface area (Å²) < 4.78 is 12.8. The summed E-state index contributed by atoms with van der Waals surface area (Å²) in [7, 11) is 0. The lowest BCUT2D eigenvalue weighted by Gasteiger charge is -2.12. The lowest BCUT2D eigenvalue weighted by molar-refractivity contribution is -0.121. The molecule has 0 heterocycles. The maximum absolute atomic E-state index is 12.8. The van der Waals surface area contributed by atoms with E-state index in [2.05, 4.69) is 10.6 Å². The van der Waals surface area contributed by atoms with E-state index in [-0.39, 0.29) is 42.5 Å². The van der Waals surface area contributed by atoms with Crippen LogP contribution in [0.5, 0.6) is 0 Å². The monoisotopic (exact) mass is 379 g/mol. The number of halogens is 2. The average Bonchev–Trinajstić information content (AvgIpc) is 2.62. The first-order chi connectivity index (χ1) is 12.1. The maximum Gasteiger partial charge on any atom is 0.251 e. The summed E-state index contributed by atoms with van der Waals surface area (Å²) in [6.45, 7) is 0.866. The molecule has 0 bridgehead atoms. The van der Waals surface area contributed by atoms with Gasteiger partial charge in [0.25, 0.3) is 5.91 Å². The summed E-state index contributed by atoms with van der Waals surface area (Å²) in [5.41, 5.74) is 7.32. The zero-order valence-corrected chi connectivity index (χ0v) is 15.1. The van der Waals surface area contributed by atoms with E-state index >= 15 is 0 Å². The van der Waals surface area contributed by atoms with Crippen molar-refractivity contribution >= 4 is 24.2 Å². The number of carbonyl (C=O) groups is 2. The number of hydrogen-bond acceptors (Lipinski definition) is 3. The van der Waals surface area contributed by atoms with Crippen molar-refractivity contribution in [1.29, 1.82) is 0 Å². The first-order valence-electron chi connectivity index (χ1n) is 8.17. The minimum Gasteiger partial charge on any atom is -0.356 e. The van der Waals surface area contributed by atoms with Crippen LogP contribution in [0.15, 0.2) is 54.6 Å². The van der Waals surface area contributed by atoms with Crippen molar-refractivity contribution in [3.63, 3.8) is 0 Å². The van der Waals surface area contributed by atoms with Gasteiger partial charge >= 0.3 is 0 Å².